The Hall–Kier alpha value is -3.77. The van der Waals surface area contributed by atoms with E-state index in [9.17, 15) is 27.6 Å². The molecule has 1 saturated carbocycles. The fourth-order valence-electron chi connectivity index (χ4n) is 5.76. The van der Waals surface area contributed by atoms with E-state index in [1.807, 2.05) is 30.3 Å². The number of thioether (sulfide) groups is 1. The van der Waals surface area contributed by atoms with E-state index in [-0.39, 0.29) is 29.8 Å². The maximum atomic E-state index is 13.8. The molecule has 0 saturated heterocycles. The molecule has 5 rings (SSSR count). The van der Waals surface area contributed by atoms with Gasteiger partial charge in [-0.3, -0.25) is 14.4 Å². The van der Waals surface area contributed by atoms with E-state index in [1.54, 1.807) is 23.9 Å². The van der Waals surface area contributed by atoms with Crippen molar-refractivity contribution in [2.24, 2.45) is 17.8 Å². The number of esters is 1. The Morgan fingerprint density at radius 2 is 1.72 bits per heavy atom. The van der Waals surface area contributed by atoms with Gasteiger partial charge in [-0.05, 0) is 60.7 Å². The average molecular weight is 668 g/mol. The third-order valence-electron chi connectivity index (χ3n) is 8.34. The zero-order valence-electron chi connectivity index (χ0n) is 25.9. The lowest BCUT2D eigenvalue weighted by atomic mass is 9.84. The summed E-state index contributed by atoms with van der Waals surface area (Å²) in [5.41, 5.74) is 0.0198. The first-order valence-electron chi connectivity index (χ1n) is 15.2. The second-order valence-electron chi connectivity index (χ2n) is 12.9. The summed E-state index contributed by atoms with van der Waals surface area (Å²) in [4.78, 5) is 41.7. The van der Waals surface area contributed by atoms with Crippen LogP contribution in [0.2, 0.25) is 25.7 Å². The molecule has 1 aliphatic rings. The molecular formula is C34H36F3N3O4SSi. The van der Waals surface area contributed by atoms with Gasteiger partial charge in [-0.2, -0.15) is 13.2 Å². The van der Waals surface area contributed by atoms with Crippen molar-refractivity contribution in [3.8, 4) is 0 Å². The van der Waals surface area contributed by atoms with Crippen LogP contribution >= 0.6 is 11.8 Å². The Kier molecular flexibility index (Phi) is 10.2. The Bertz CT molecular complexity index is 1760. The van der Waals surface area contributed by atoms with Crippen molar-refractivity contribution in [2.75, 3.05) is 6.61 Å². The number of aromatic nitrogens is 3. The third kappa shape index (κ3) is 8.14. The molecule has 0 aliphatic heterocycles. The normalized spacial score (nSPS) is 18.5. The van der Waals surface area contributed by atoms with E-state index in [4.69, 9.17) is 4.74 Å². The quantitative estimate of drug-likeness (QED) is 0.0708. The molecule has 7 nitrogen and oxygen atoms in total. The lowest BCUT2D eigenvalue weighted by molar-refractivity contribution is -0.150. The zero-order chi connectivity index (χ0) is 33.1. The number of rotatable bonds is 11. The number of carbonyl (C=O) groups excluding carboxylic acids is 2. The van der Waals surface area contributed by atoms with Crippen molar-refractivity contribution < 1.29 is 27.5 Å². The Morgan fingerprint density at radius 3 is 2.39 bits per heavy atom. The van der Waals surface area contributed by atoms with E-state index in [1.165, 1.54) is 5.56 Å². The summed E-state index contributed by atoms with van der Waals surface area (Å²) in [5.74, 6) is -1.90. The number of ether oxygens (including phenoxy) is 1. The second-order valence-corrected chi connectivity index (χ2v) is 19.6. The first-order chi connectivity index (χ1) is 21.8. The molecule has 3 atom stereocenters. The molecule has 1 fully saturated rings. The first kappa shape index (κ1) is 33.6. The third-order valence-corrected chi connectivity index (χ3v) is 11.1. The van der Waals surface area contributed by atoms with Gasteiger partial charge in [-0.25, -0.2) is 4.68 Å². The molecule has 3 aromatic carbocycles. The van der Waals surface area contributed by atoms with Gasteiger partial charge in [0.15, 0.2) is 5.78 Å². The molecule has 0 N–H and O–H groups in total. The van der Waals surface area contributed by atoms with Gasteiger partial charge in [0, 0.05) is 30.2 Å². The highest BCUT2D eigenvalue weighted by molar-refractivity contribution is 7.98. The van der Waals surface area contributed by atoms with Gasteiger partial charge >= 0.3 is 12.1 Å². The SMILES string of the molecule is C[Si](C)(C)CCOC(=O)[C@H]1[C@H](Cn2nnc3ccc(C(F)(F)F)cc3c2=O)CC[C@@H]1C(=O)c1ccc(SCc2ccccc2)cc1. The van der Waals surface area contributed by atoms with Crippen LogP contribution < -0.4 is 5.56 Å². The predicted molar refractivity (Wildman–Crippen MR) is 174 cm³/mol. The second kappa shape index (κ2) is 13.9. The summed E-state index contributed by atoms with van der Waals surface area (Å²) in [6.07, 6.45) is -3.79. The zero-order valence-corrected chi connectivity index (χ0v) is 27.7. The maximum absolute atomic E-state index is 13.8. The number of nitrogens with zero attached hydrogens (tertiary/aromatic N) is 3. The number of carbonyl (C=O) groups is 2. The van der Waals surface area contributed by atoms with Crippen molar-refractivity contribution in [3.05, 3.63) is 99.8 Å². The molecule has 0 unspecified atom stereocenters. The molecule has 1 aromatic heterocycles. The minimum Gasteiger partial charge on any atom is -0.466 e. The van der Waals surface area contributed by atoms with Gasteiger partial charge in [0.05, 0.1) is 30.0 Å². The van der Waals surface area contributed by atoms with Crippen LogP contribution in [0.25, 0.3) is 10.9 Å². The number of fused-ring (bicyclic) bond motifs is 1. The van der Waals surface area contributed by atoms with Crippen LogP contribution in [-0.4, -0.2) is 41.4 Å². The molecule has 4 aromatic rings. The van der Waals surface area contributed by atoms with Crippen molar-refractivity contribution in [3.63, 3.8) is 0 Å². The number of benzene rings is 3. The number of alkyl halides is 3. The van der Waals surface area contributed by atoms with Crippen molar-refractivity contribution in [1.29, 1.82) is 0 Å². The minimum absolute atomic E-state index is 0.0430. The monoisotopic (exact) mass is 667 g/mol. The van der Waals surface area contributed by atoms with E-state index in [0.717, 1.165) is 39.6 Å². The summed E-state index contributed by atoms with van der Waals surface area (Å²) in [5, 5.41) is 7.72. The fourth-order valence-corrected chi connectivity index (χ4v) is 7.32. The molecule has 46 heavy (non-hydrogen) atoms. The molecule has 0 spiro atoms. The molecule has 0 radical (unpaired) electrons. The van der Waals surface area contributed by atoms with E-state index < -0.39 is 49.1 Å². The highest BCUT2D eigenvalue weighted by Crippen LogP contribution is 2.41. The number of hydrogen-bond donors (Lipinski definition) is 0. The largest absolute Gasteiger partial charge is 0.466 e. The van der Waals surface area contributed by atoms with Crippen molar-refractivity contribution in [1.82, 2.24) is 15.0 Å². The Morgan fingerprint density at radius 1 is 1.00 bits per heavy atom. The summed E-state index contributed by atoms with van der Waals surface area (Å²) in [6.45, 7) is 6.67. The van der Waals surface area contributed by atoms with Crippen LogP contribution in [0.15, 0.2) is 82.5 Å². The van der Waals surface area contributed by atoms with Gasteiger partial charge in [0.1, 0.15) is 5.52 Å². The van der Waals surface area contributed by atoms with Gasteiger partial charge in [-0.1, -0.05) is 67.3 Å². The summed E-state index contributed by atoms with van der Waals surface area (Å²) in [6, 6.07) is 20.9. The van der Waals surface area contributed by atoms with Gasteiger partial charge in [0.25, 0.3) is 5.56 Å². The minimum atomic E-state index is -4.63. The predicted octanol–water partition coefficient (Wildman–Crippen LogP) is 7.51. The van der Waals surface area contributed by atoms with E-state index in [2.05, 4.69) is 42.1 Å². The molecule has 12 heteroatoms. The topological polar surface area (TPSA) is 91.2 Å². The number of hydrogen-bond acceptors (Lipinski definition) is 7. The summed E-state index contributed by atoms with van der Waals surface area (Å²) < 4.78 is 46.8. The van der Waals surface area contributed by atoms with Gasteiger partial charge < -0.3 is 4.74 Å². The first-order valence-corrected chi connectivity index (χ1v) is 19.9. The number of ketones is 1. The molecule has 1 heterocycles. The van der Waals surface area contributed by atoms with Crippen molar-refractivity contribution >= 4 is 42.5 Å². The highest BCUT2D eigenvalue weighted by Gasteiger charge is 2.46. The summed E-state index contributed by atoms with van der Waals surface area (Å²) in [7, 11) is -1.51. The molecule has 0 bridgehead atoms. The standard InChI is InChI=1S/C34H36F3N3O4SSi/c1-46(2,3)18-17-44-33(43)30-24(20-40-32(42)28-19-25(34(35,36)37)12-16-29(28)38-39-40)11-15-27(30)31(41)23-9-13-26(14-10-23)45-21-22-7-5-4-6-8-22/h4-10,12-14,16,19,24,27,30H,11,15,17-18,20-21H2,1-3H3/t24-,27-,30-/m0/s1. The number of halogens is 3. The Balaban J connectivity index is 1.37. The van der Waals surface area contributed by atoms with Crippen LogP contribution in [0.1, 0.15) is 34.3 Å². The van der Waals surface area contributed by atoms with Crippen molar-refractivity contribution in [2.45, 2.75) is 61.9 Å². The van der Waals surface area contributed by atoms with E-state index >= 15 is 0 Å². The molecule has 1 aliphatic carbocycles. The lowest BCUT2D eigenvalue weighted by Crippen LogP contribution is -2.36. The smallest absolute Gasteiger partial charge is 0.416 e. The maximum Gasteiger partial charge on any atom is 0.416 e. The Labute approximate surface area is 270 Å². The molecular weight excluding hydrogens is 632 g/mol. The van der Waals surface area contributed by atoms with Crippen LogP contribution in [0, 0.1) is 17.8 Å². The lowest BCUT2D eigenvalue weighted by Gasteiger charge is -2.24. The van der Waals surface area contributed by atoms with Crippen LogP contribution in [0.4, 0.5) is 13.2 Å². The van der Waals surface area contributed by atoms with Gasteiger partial charge in [-0.15, -0.1) is 16.9 Å². The van der Waals surface area contributed by atoms with E-state index in [0.29, 0.717) is 18.4 Å². The van der Waals surface area contributed by atoms with Crippen LogP contribution in [-0.2, 0) is 28.0 Å². The number of Topliss-reactive ketones (excluding diaryl/α,β-unsaturated/α-hetero) is 1. The summed E-state index contributed by atoms with van der Waals surface area (Å²) >= 11 is 1.66. The van der Waals surface area contributed by atoms with Crippen LogP contribution in [0.5, 0.6) is 0 Å². The molecule has 242 valence electrons. The van der Waals surface area contributed by atoms with Gasteiger partial charge in [0.2, 0.25) is 0 Å². The molecule has 0 amide bonds. The fraction of sp³-hybridized carbons (Fsp3) is 0.382. The van der Waals surface area contributed by atoms with Crippen LogP contribution in [0.3, 0.4) is 0 Å². The highest BCUT2D eigenvalue weighted by atomic mass is 32.2. The average Bonchev–Trinajstić information content (AvgIpc) is 3.44.